The van der Waals surface area contributed by atoms with Crippen molar-refractivity contribution in [3.8, 4) is 0 Å². The molecule has 0 fully saturated rings. The van der Waals surface area contributed by atoms with Crippen molar-refractivity contribution in [3.63, 3.8) is 0 Å². The first kappa shape index (κ1) is 22.8. The Kier molecular flexibility index (Phi) is 6.49. The van der Waals surface area contributed by atoms with Gasteiger partial charge < -0.3 is 4.57 Å². The molecule has 0 saturated carbocycles. The van der Waals surface area contributed by atoms with Crippen LogP contribution in [0, 0.1) is 6.92 Å². The Balaban J connectivity index is 1.76. The molecular formula is C29H25Br2OP. The minimum atomic E-state index is -3.08. The predicted octanol–water partition coefficient (Wildman–Crippen LogP) is 7.31. The molecule has 33 heavy (non-hydrogen) atoms. The summed E-state index contributed by atoms with van der Waals surface area (Å²) in [4.78, 5) is 0.268. The standard InChI is InChI=1S/C29H25Br2OP/c1-20-16-21-12-14-25(20)27(30)18-22-13-15-26(28(31)17-21)29(19-22)33(32,23-8-4-2-5-9-23)24-10-6-3-7-11-24/h2-16,19,27-28H,17-18H2,1H3. The van der Waals surface area contributed by atoms with E-state index in [2.05, 4.69) is 75.2 Å². The number of aryl methyl sites for hydroxylation is 1. The molecule has 4 aliphatic carbocycles. The van der Waals surface area contributed by atoms with Crippen molar-refractivity contribution in [3.05, 3.63) is 125 Å². The number of rotatable bonds is 3. The van der Waals surface area contributed by atoms with E-state index in [-0.39, 0.29) is 9.65 Å². The molecule has 8 rings (SSSR count). The van der Waals surface area contributed by atoms with Crippen LogP contribution in [0.1, 0.15) is 37.5 Å². The Morgan fingerprint density at radius 1 is 0.667 bits per heavy atom. The fourth-order valence-electron chi connectivity index (χ4n) is 4.81. The van der Waals surface area contributed by atoms with Gasteiger partial charge in [-0.2, -0.15) is 0 Å². The summed E-state index contributed by atoms with van der Waals surface area (Å²) in [5.74, 6) is 0. The van der Waals surface area contributed by atoms with E-state index in [9.17, 15) is 0 Å². The van der Waals surface area contributed by atoms with Gasteiger partial charge in [0.15, 0.2) is 7.14 Å². The van der Waals surface area contributed by atoms with Crippen LogP contribution in [-0.2, 0) is 17.4 Å². The number of hydrogen-bond acceptors (Lipinski definition) is 1. The molecule has 0 aromatic heterocycles. The van der Waals surface area contributed by atoms with Gasteiger partial charge in [0.05, 0.1) is 0 Å². The monoisotopic (exact) mass is 578 g/mol. The van der Waals surface area contributed by atoms with Gasteiger partial charge in [-0.1, -0.05) is 123 Å². The minimum absolute atomic E-state index is 0.0618. The summed E-state index contributed by atoms with van der Waals surface area (Å²) in [6.07, 6.45) is 1.67. The van der Waals surface area contributed by atoms with Crippen molar-refractivity contribution >= 4 is 54.9 Å². The van der Waals surface area contributed by atoms with Gasteiger partial charge in [-0.05, 0) is 53.6 Å². The van der Waals surface area contributed by atoms with Crippen LogP contribution in [0.3, 0.4) is 0 Å². The van der Waals surface area contributed by atoms with E-state index in [1.807, 2.05) is 60.7 Å². The summed E-state index contributed by atoms with van der Waals surface area (Å²) >= 11 is 7.91. The lowest BCUT2D eigenvalue weighted by Gasteiger charge is -2.27. The Morgan fingerprint density at radius 3 is 1.70 bits per heavy atom. The molecule has 0 amide bonds. The fraction of sp³-hybridized carbons (Fsp3) is 0.172. The number of benzene rings is 4. The van der Waals surface area contributed by atoms with Gasteiger partial charge in [0.25, 0.3) is 0 Å². The summed E-state index contributed by atoms with van der Waals surface area (Å²) in [5.41, 5.74) is 6.19. The van der Waals surface area contributed by atoms with Crippen LogP contribution in [-0.4, -0.2) is 0 Å². The predicted molar refractivity (Wildman–Crippen MR) is 148 cm³/mol. The van der Waals surface area contributed by atoms with E-state index in [0.29, 0.717) is 0 Å². The van der Waals surface area contributed by atoms with Crippen LogP contribution in [0.25, 0.3) is 0 Å². The van der Waals surface area contributed by atoms with Crippen LogP contribution < -0.4 is 15.9 Å². The van der Waals surface area contributed by atoms with Crippen LogP contribution in [0.2, 0.25) is 0 Å². The molecule has 2 atom stereocenters. The molecular weight excluding hydrogens is 555 g/mol. The molecule has 4 bridgehead atoms. The number of hydrogen-bond donors (Lipinski definition) is 0. The average molecular weight is 580 g/mol. The second kappa shape index (κ2) is 9.37. The summed E-state index contributed by atoms with van der Waals surface area (Å²) in [6, 6.07) is 33.3. The zero-order valence-electron chi connectivity index (χ0n) is 18.4. The maximum Gasteiger partial charge on any atom is 0.171 e. The van der Waals surface area contributed by atoms with Gasteiger partial charge in [-0.25, -0.2) is 0 Å². The molecule has 0 heterocycles. The van der Waals surface area contributed by atoms with Gasteiger partial charge in [0.2, 0.25) is 0 Å². The van der Waals surface area contributed by atoms with Gasteiger partial charge in [-0.15, -0.1) is 0 Å². The average Bonchev–Trinajstić information content (AvgIpc) is 2.84. The lowest BCUT2D eigenvalue weighted by Crippen LogP contribution is -2.28. The third-order valence-electron chi connectivity index (χ3n) is 6.51. The van der Waals surface area contributed by atoms with E-state index in [1.54, 1.807) is 0 Å². The smallest absolute Gasteiger partial charge is 0.171 e. The summed E-state index contributed by atoms with van der Waals surface area (Å²) in [5, 5.41) is 2.68. The van der Waals surface area contributed by atoms with E-state index in [1.165, 1.54) is 22.3 Å². The van der Waals surface area contributed by atoms with Crippen LogP contribution >= 0.6 is 39.0 Å². The topological polar surface area (TPSA) is 17.1 Å². The third kappa shape index (κ3) is 4.32. The minimum Gasteiger partial charge on any atom is -0.309 e. The molecule has 0 aliphatic heterocycles. The highest BCUT2D eigenvalue weighted by Crippen LogP contribution is 2.46. The first-order valence-electron chi connectivity index (χ1n) is 11.2. The molecule has 4 aliphatic rings. The fourth-order valence-corrected chi connectivity index (χ4v) is 9.62. The quantitative estimate of drug-likeness (QED) is 0.184. The van der Waals surface area contributed by atoms with Crippen molar-refractivity contribution in [1.29, 1.82) is 0 Å². The van der Waals surface area contributed by atoms with E-state index >= 15 is 4.57 Å². The zero-order chi connectivity index (χ0) is 23.0. The number of alkyl halides is 2. The molecule has 0 spiro atoms. The van der Waals surface area contributed by atoms with Gasteiger partial charge in [0, 0.05) is 25.6 Å². The Labute approximate surface area is 212 Å². The SMILES string of the molecule is Cc1cc2ccc1C(Br)Cc1ccc(c(P(=O)(c3ccccc3)c3ccccc3)c1)C(Br)C2. The zero-order valence-corrected chi connectivity index (χ0v) is 22.5. The highest BCUT2D eigenvalue weighted by atomic mass is 79.9. The second-order valence-electron chi connectivity index (χ2n) is 8.71. The van der Waals surface area contributed by atoms with Gasteiger partial charge in [-0.3, -0.25) is 0 Å². The Bertz CT molecular complexity index is 1290. The van der Waals surface area contributed by atoms with Crippen LogP contribution in [0.5, 0.6) is 0 Å². The Hall–Kier alpha value is -1.93. The van der Waals surface area contributed by atoms with Gasteiger partial charge in [0.1, 0.15) is 0 Å². The summed E-state index contributed by atoms with van der Waals surface area (Å²) < 4.78 is 15.2. The van der Waals surface area contributed by atoms with E-state index in [0.717, 1.165) is 34.3 Å². The molecule has 4 aromatic carbocycles. The molecule has 166 valence electrons. The number of halogens is 2. The largest absolute Gasteiger partial charge is 0.309 e. The first-order chi connectivity index (χ1) is 16.0. The summed E-state index contributed by atoms with van der Waals surface area (Å²) in [7, 11) is -3.08. The molecule has 2 unspecified atom stereocenters. The van der Waals surface area contributed by atoms with Crippen molar-refractivity contribution < 1.29 is 4.57 Å². The lowest BCUT2D eigenvalue weighted by atomic mass is 9.94. The van der Waals surface area contributed by atoms with Crippen molar-refractivity contribution in [2.75, 3.05) is 0 Å². The lowest BCUT2D eigenvalue weighted by molar-refractivity contribution is 0.592. The Morgan fingerprint density at radius 2 is 1.15 bits per heavy atom. The molecule has 4 aromatic rings. The van der Waals surface area contributed by atoms with Gasteiger partial charge >= 0.3 is 0 Å². The van der Waals surface area contributed by atoms with Crippen molar-refractivity contribution in [1.82, 2.24) is 0 Å². The second-order valence-corrected chi connectivity index (χ2v) is 13.7. The van der Waals surface area contributed by atoms with Crippen LogP contribution in [0.15, 0.2) is 97.1 Å². The maximum absolute atomic E-state index is 15.2. The van der Waals surface area contributed by atoms with E-state index < -0.39 is 7.14 Å². The molecule has 0 radical (unpaired) electrons. The maximum atomic E-state index is 15.2. The first-order valence-corrected chi connectivity index (χ1v) is 14.7. The van der Waals surface area contributed by atoms with Crippen LogP contribution in [0.4, 0.5) is 0 Å². The van der Waals surface area contributed by atoms with Crippen molar-refractivity contribution in [2.24, 2.45) is 0 Å². The van der Waals surface area contributed by atoms with E-state index in [4.69, 9.17) is 0 Å². The molecule has 1 nitrogen and oxygen atoms in total. The third-order valence-corrected chi connectivity index (χ3v) is 11.3. The highest BCUT2D eigenvalue weighted by molar-refractivity contribution is 9.09. The van der Waals surface area contributed by atoms with Crippen molar-refractivity contribution in [2.45, 2.75) is 29.4 Å². The molecule has 4 heteroatoms. The highest BCUT2D eigenvalue weighted by Gasteiger charge is 2.34. The molecule has 0 N–H and O–H groups in total. The normalized spacial score (nSPS) is 18.0. The molecule has 0 saturated heterocycles. The summed E-state index contributed by atoms with van der Waals surface area (Å²) in [6.45, 7) is 2.19.